The van der Waals surface area contributed by atoms with Crippen LogP contribution in [0.15, 0.2) is 35.1 Å². The Morgan fingerprint density at radius 1 is 1.38 bits per heavy atom. The molecule has 0 spiro atoms. The second kappa shape index (κ2) is 7.72. The summed E-state index contributed by atoms with van der Waals surface area (Å²) in [6.45, 7) is 3.29. The van der Waals surface area contributed by atoms with E-state index in [0.29, 0.717) is 18.1 Å². The molecule has 0 radical (unpaired) electrons. The fraction of sp³-hybridized carbons (Fsp3) is 0.353. The molecule has 2 N–H and O–H groups in total. The molecule has 7 heteroatoms. The Bertz CT molecular complexity index is 732. The summed E-state index contributed by atoms with van der Waals surface area (Å²) in [4.78, 5) is 20.5. The fourth-order valence-corrected chi connectivity index (χ4v) is 3.03. The average molecular weight is 391 g/mol. The highest BCUT2D eigenvalue weighted by atomic mass is 79.9. The van der Waals surface area contributed by atoms with E-state index in [-0.39, 0.29) is 12.0 Å². The minimum Gasteiger partial charge on any atom is -0.376 e. The van der Waals surface area contributed by atoms with E-state index in [9.17, 15) is 4.79 Å². The van der Waals surface area contributed by atoms with Crippen molar-refractivity contribution >= 4 is 33.3 Å². The Labute approximate surface area is 149 Å². The first-order valence-corrected chi connectivity index (χ1v) is 8.66. The third-order valence-electron chi connectivity index (χ3n) is 3.87. The van der Waals surface area contributed by atoms with Crippen molar-refractivity contribution in [2.24, 2.45) is 0 Å². The van der Waals surface area contributed by atoms with E-state index in [1.54, 1.807) is 6.07 Å². The molecule has 1 saturated heterocycles. The molecule has 3 rings (SSSR count). The molecule has 1 atom stereocenters. The summed E-state index contributed by atoms with van der Waals surface area (Å²) in [5.41, 5.74) is 2.34. The van der Waals surface area contributed by atoms with Gasteiger partial charge in [0.2, 0.25) is 0 Å². The second-order valence-corrected chi connectivity index (χ2v) is 6.63. The van der Waals surface area contributed by atoms with Gasteiger partial charge in [0.15, 0.2) is 0 Å². The zero-order valence-electron chi connectivity index (χ0n) is 13.4. The molecule has 6 nitrogen and oxygen atoms in total. The van der Waals surface area contributed by atoms with Gasteiger partial charge in [0.25, 0.3) is 5.91 Å². The van der Waals surface area contributed by atoms with Crippen LogP contribution in [0.25, 0.3) is 0 Å². The third kappa shape index (κ3) is 4.30. The Kier molecular flexibility index (Phi) is 5.42. The van der Waals surface area contributed by atoms with Crippen molar-refractivity contribution in [1.29, 1.82) is 0 Å². The van der Waals surface area contributed by atoms with Gasteiger partial charge in [-0.3, -0.25) is 4.79 Å². The number of nitrogens with one attached hydrogen (secondary N) is 2. The zero-order chi connectivity index (χ0) is 16.9. The van der Waals surface area contributed by atoms with Gasteiger partial charge >= 0.3 is 0 Å². The van der Waals surface area contributed by atoms with Crippen LogP contribution in [0.4, 0.5) is 11.5 Å². The summed E-state index contributed by atoms with van der Waals surface area (Å²) < 4.78 is 6.52. The van der Waals surface area contributed by atoms with Crippen molar-refractivity contribution < 1.29 is 9.53 Å². The van der Waals surface area contributed by atoms with Crippen LogP contribution in [0.1, 0.15) is 28.9 Å². The fourth-order valence-electron chi connectivity index (χ4n) is 2.56. The first kappa shape index (κ1) is 16.9. The number of rotatable bonds is 5. The Hall–Kier alpha value is -1.99. The Morgan fingerprint density at radius 2 is 2.25 bits per heavy atom. The van der Waals surface area contributed by atoms with Gasteiger partial charge in [-0.05, 0) is 43.5 Å². The van der Waals surface area contributed by atoms with E-state index in [0.717, 1.165) is 35.2 Å². The molecule has 1 aliphatic rings. The maximum absolute atomic E-state index is 12.2. The van der Waals surface area contributed by atoms with Crippen molar-refractivity contribution in [2.75, 3.05) is 18.5 Å². The molecule has 1 unspecified atom stereocenters. The normalized spacial score (nSPS) is 16.8. The largest absolute Gasteiger partial charge is 0.376 e. The van der Waals surface area contributed by atoms with E-state index >= 15 is 0 Å². The molecule has 0 bridgehead atoms. The first-order valence-electron chi connectivity index (χ1n) is 7.87. The molecular weight excluding hydrogens is 372 g/mol. The number of nitrogens with zero attached hydrogens (tertiary/aromatic N) is 2. The molecule has 1 aliphatic heterocycles. The van der Waals surface area contributed by atoms with E-state index < -0.39 is 0 Å². The van der Waals surface area contributed by atoms with Crippen molar-refractivity contribution in [3.05, 3.63) is 46.3 Å². The lowest BCUT2D eigenvalue weighted by atomic mass is 10.2. The highest BCUT2D eigenvalue weighted by Gasteiger charge is 2.17. The molecule has 0 aliphatic carbocycles. The molecular formula is C17H19BrN4O2. The van der Waals surface area contributed by atoms with Gasteiger partial charge in [-0.2, -0.15) is 0 Å². The van der Waals surface area contributed by atoms with Crippen LogP contribution < -0.4 is 10.6 Å². The van der Waals surface area contributed by atoms with Gasteiger partial charge < -0.3 is 15.4 Å². The lowest BCUT2D eigenvalue weighted by Gasteiger charge is -2.12. The van der Waals surface area contributed by atoms with Crippen molar-refractivity contribution in [3.63, 3.8) is 0 Å². The number of carbonyl (C=O) groups is 1. The van der Waals surface area contributed by atoms with Gasteiger partial charge in [0.1, 0.15) is 17.8 Å². The smallest absolute Gasteiger partial charge is 0.270 e. The summed E-state index contributed by atoms with van der Waals surface area (Å²) in [7, 11) is 0. The molecule has 1 amide bonds. The number of aryl methyl sites for hydroxylation is 1. The SMILES string of the molecule is Cc1cc(Br)ccc1Nc1cc(C(=O)NCC2CCCO2)ncn1. The predicted octanol–water partition coefficient (Wildman–Crippen LogP) is 3.20. The Balaban J connectivity index is 1.65. The number of aromatic nitrogens is 2. The molecule has 0 saturated carbocycles. The standard InChI is InChI=1S/C17H19BrN4O2/c1-11-7-12(18)4-5-14(11)22-16-8-15(20-10-21-16)17(23)19-9-13-3-2-6-24-13/h4-5,7-8,10,13H,2-3,6,9H2,1H3,(H,19,23)(H,20,21,22). The number of carbonyl (C=O) groups excluding carboxylic acids is 1. The van der Waals surface area contributed by atoms with Gasteiger partial charge in [-0.25, -0.2) is 9.97 Å². The number of ether oxygens (including phenoxy) is 1. The molecule has 24 heavy (non-hydrogen) atoms. The van der Waals surface area contributed by atoms with Crippen LogP contribution in [-0.4, -0.2) is 35.1 Å². The number of benzene rings is 1. The highest BCUT2D eigenvalue weighted by molar-refractivity contribution is 9.10. The van der Waals surface area contributed by atoms with Crippen molar-refractivity contribution in [3.8, 4) is 0 Å². The topological polar surface area (TPSA) is 76.1 Å². The van der Waals surface area contributed by atoms with Crippen LogP contribution in [-0.2, 0) is 4.74 Å². The maximum Gasteiger partial charge on any atom is 0.270 e. The summed E-state index contributed by atoms with van der Waals surface area (Å²) in [6, 6.07) is 7.56. The average Bonchev–Trinajstić information content (AvgIpc) is 3.09. The predicted molar refractivity (Wildman–Crippen MR) is 95.5 cm³/mol. The molecule has 2 aromatic rings. The van der Waals surface area contributed by atoms with Crippen LogP contribution in [0.5, 0.6) is 0 Å². The minimum atomic E-state index is -0.219. The number of amides is 1. The molecule has 126 valence electrons. The lowest BCUT2D eigenvalue weighted by Crippen LogP contribution is -2.32. The summed E-state index contributed by atoms with van der Waals surface area (Å²) >= 11 is 3.44. The number of anilines is 2. The number of hydrogen-bond donors (Lipinski definition) is 2. The molecule has 1 aromatic heterocycles. The van der Waals surface area contributed by atoms with Gasteiger partial charge in [0, 0.05) is 29.4 Å². The van der Waals surface area contributed by atoms with Gasteiger partial charge in [-0.15, -0.1) is 0 Å². The van der Waals surface area contributed by atoms with Gasteiger partial charge in [0.05, 0.1) is 6.10 Å². The van der Waals surface area contributed by atoms with Crippen molar-refractivity contribution in [1.82, 2.24) is 15.3 Å². The van der Waals surface area contributed by atoms with E-state index in [2.05, 4.69) is 36.5 Å². The molecule has 2 heterocycles. The number of hydrogen-bond acceptors (Lipinski definition) is 5. The Morgan fingerprint density at radius 3 is 3.00 bits per heavy atom. The minimum absolute atomic E-state index is 0.110. The summed E-state index contributed by atoms with van der Waals surface area (Å²) in [5.74, 6) is 0.362. The van der Waals surface area contributed by atoms with Crippen LogP contribution in [0, 0.1) is 6.92 Å². The lowest BCUT2D eigenvalue weighted by molar-refractivity contribution is 0.0853. The maximum atomic E-state index is 12.2. The third-order valence-corrected chi connectivity index (χ3v) is 4.36. The quantitative estimate of drug-likeness (QED) is 0.819. The zero-order valence-corrected chi connectivity index (χ0v) is 15.0. The monoisotopic (exact) mass is 390 g/mol. The summed E-state index contributed by atoms with van der Waals surface area (Å²) in [5, 5.41) is 6.08. The van der Waals surface area contributed by atoms with Crippen LogP contribution in [0.2, 0.25) is 0 Å². The van der Waals surface area contributed by atoms with E-state index in [1.165, 1.54) is 6.33 Å². The molecule has 1 aromatic carbocycles. The van der Waals surface area contributed by atoms with E-state index in [4.69, 9.17) is 4.74 Å². The van der Waals surface area contributed by atoms with Crippen LogP contribution in [0.3, 0.4) is 0 Å². The van der Waals surface area contributed by atoms with E-state index in [1.807, 2.05) is 25.1 Å². The second-order valence-electron chi connectivity index (χ2n) is 5.72. The van der Waals surface area contributed by atoms with Crippen molar-refractivity contribution in [2.45, 2.75) is 25.9 Å². The summed E-state index contributed by atoms with van der Waals surface area (Å²) in [6.07, 6.45) is 3.53. The van der Waals surface area contributed by atoms with Crippen LogP contribution >= 0.6 is 15.9 Å². The number of halogens is 1. The van der Waals surface area contributed by atoms with Gasteiger partial charge in [-0.1, -0.05) is 15.9 Å². The highest BCUT2D eigenvalue weighted by Crippen LogP contribution is 2.23. The molecule has 1 fully saturated rings. The first-order chi connectivity index (χ1) is 11.6.